The Morgan fingerprint density at radius 1 is 1.44 bits per heavy atom. The van der Waals surface area contributed by atoms with E-state index in [2.05, 4.69) is 34.9 Å². The van der Waals surface area contributed by atoms with Crippen LogP contribution < -0.4 is 5.73 Å². The van der Waals surface area contributed by atoms with Crippen LogP contribution in [0, 0.1) is 12.8 Å². The minimum absolute atomic E-state index is 0.140. The lowest BCUT2D eigenvalue weighted by Gasteiger charge is -2.13. The Labute approximate surface area is 95.3 Å². The highest BCUT2D eigenvalue weighted by atomic mass is 15.0. The second-order valence-corrected chi connectivity index (χ2v) is 4.68. The molecule has 0 radical (unpaired) electrons. The van der Waals surface area contributed by atoms with Gasteiger partial charge in [0.2, 0.25) is 0 Å². The summed E-state index contributed by atoms with van der Waals surface area (Å²) in [6, 6.07) is 2.20. The molecule has 0 bridgehead atoms. The number of fused-ring (bicyclic) bond motifs is 1. The zero-order valence-electron chi connectivity index (χ0n) is 9.99. The minimum Gasteiger partial charge on any atom is -0.341 e. The molecule has 1 unspecified atom stereocenters. The highest BCUT2D eigenvalue weighted by Crippen LogP contribution is 2.12. The number of hydrogen-bond donors (Lipinski definition) is 2. The smallest absolute Gasteiger partial charge is 0.177 e. The SMILES string of the molecule is Cc1cnc2nc(CC(N)C(C)C)[nH]c2c1. The van der Waals surface area contributed by atoms with Crippen LogP contribution in [0.2, 0.25) is 0 Å². The van der Waals surface area contributed by atoms with Crippen molar-refractivity contribution in [3.63, 3.8) is 0 Å². The average Bonchev–Trinajstić information content (AvgIpc) is 2.58. The summed E-state index contributed by atoms with van der Waals surface area (Å²) in [5.74, 6) is 1.39. The van der Waals surface area contributed by atoms with Crippen molar-refractivity contribution in [1.29, 1.82) is 0 Å². The lowest BCUT2D eigenvalue weighted by Crippen LogP contribution is -2.29. The fraction of sp³-hybridized carbons (Fsp3) is 0.500. The van der Waals surface area contributed by atoms with Crippen LogP contribution in [0.3, 0.4) is 0 Å². The summed E-state index contributed by atoms with van der Waals surface area (Å²) in [6.07, 6.45) is 2.60. The summed E-state index contributed by atoms with van der Waals surface area (Å²) >= 11 is 0. The van der Waals surface area contributed by atoms with Crippen molar-refractivity contribution < 1.29 is 0 Å². The Hall–Kier alpha value is -1.42. The van der Waals surface area contributed by atoms with Crippen LogP contribution >= 0.6 is 0 Å². The van der Waals surface area contributed by atoms with Crippen LogP contribution in [0.15, 0.2) is 12.3 Å². The third-order valence-electron chi connectivity index (χ3n) is 2.81. The first kappa shape index (κ1) is 11.1. The fourth-order valence-corrected chi connectivity index (χ4v) is 1.61. The van der Waals surface area contributed by atoms with Gasteiger partial charge in [-0.05, 0) is 24.5 Å². The van der Waals surface area contributed by atoms with Crippen LogP contribution in [0.1, 0.15) is 25.2 Å². The molecule has 0 aromatic carbocycles. The number of H-pyrrole nitrogens is 1. The van der Waals surface area contributed by atoms with Gasteiger partial charge in [-0.2, -0.15) is 0 Å². The first-order chi connectivity index (χ1) is 7.56. The van der Waals surface area contributed by atoms with Gasteiger partial charge in [0.05, 0.1) is 5.52 Å². The maximum atomic E-state index is 6.02. The van der Waals surface area contributed by atoms with E-state index in [0.717, 1.165) is 29.0 Å². The van der Waals surface area contributed by atoms with Crippen LogP contribution in [-0.4, -0.2) is 21.0 Å². The van der Waals surface area contributed by atoms with Gasteiger partial charge in [0.15, 0.2) is 5.65 Å². The molecule has 0 aliphatic rings. The molecule has 16 heavy (non-hydrogen) atoms. The van der Waals surface area contributed by atoms with E-state index in [4.69, 9.17) is 5.73 Å². The van der Waals surface area contributed by atoms with Gasteiger partial charge in [-0.1, -0.05) is 13.8 Å². The van der Waals surface area contributed by atoms with Gasteiger partial charge in [0, 0.05) is 18.7 Å². The highest BCUT2D eigenvalue weighted by Gasteiger charge is 2.11. The zero-order chi connectivity index (χ0) is 11.7. The molecule has 0 amide bonds. The molecule has 2 rings (SSSR count). The number of nitrogens with two attached hydrogens (primary N) is 1. The molecule has 4 nitrogen and oxygen atoms in total. The average molecular weight is 218 g/mol. The predicted molar refractivity (Wildman–Crippen MR) is 65.1 cm³/mol. The quantitative estimate of drug-likeness (QED) is 0.825. The molecule has 0 saturated heterocycles. The molecular weight excluding hydrogens is 200 g/mol. The lowest BCUT2D eigenvalue weighted by molar-refractivity contribution is 0.483. The third kappa shape index (κ3) is 2.22. The van der Waals surface area contributed by atoms with E-state index in [0.29, 0.717) is 5.92 Å². The van der Waals surface area contributed by atoms with Crippen molar-refractivity contribution in [2.45, 2.75) is 33.2 Å². The Morgan fingerprint density at radius 3 is 2.88 bits per heavy atom. The van der Waals surface area contributed by atoms with Crippen molar-refractivity contribution in [1.82, 2.24) is 15.0 Å². The second kappa shape index (κ2) is 4.22. The van der Waals surface area contributed by atoms with E-state index in [1.807, 2.05) is 13.1 Å². The first-order valence-corrected chi connectivity index (χ1v) is 5.63. The summed E-state index contributed by atoms with van der Waals surface area (Å²) in [7, 11) is 0. The first-order valence-electron chi connectivity index (χ1n) is 5.63. The standard InChI is InChI=1S/C12H18N4/c1-7(2)9(13)5-11-15-10-4-8(3)6-14-12(10)16-11/h4,6-7,9H,5,13H2,1-3H3,(H,14,15,16). The van der Waals surface area contributed by atoms with E-state index in [-0.39, 0.29) is 6.04 Å². The molecule has 0 saturated carbocycles. The summed E-state index contributed by atoms with van der Waals surface area (Å²) in [4.78, 5) is 12.0. The predicted octanol–water partition coefficient (Wildman–Crippen LogP) is 1.79. The van der Waals surface area contributed by atoms with Crippen molar-refractivity contribution >= 4 is 11.2 Å². The van der Waals surface area contributed by atoms with E-state index >= 15 is 0 Å². The summed E-state index contributed by atoms with van der Waals surface area (Å²) in [5.41, 5.74) is 8.92. The van der Waals surface area contributed by atoms with Crippen LogP contribution in [0.4, 0.5) is 0 Å². The van der Waals surface area contributed by atoms with Crippen molar-refractivity contribution in [2.75, 3.05) is 0 Å². The summed E-state index contributed by atoms with van der Waals surface area (Å²) in [5, 5.41) is 0. The van der Waals surface area contributed by atoms with Gasteiger partial charge in [-0.15, -0.1) is 0 Å². The van der Waals surface area contributed by atoms with Crippen LogP contribution in [-0.2, 0) is 6.42 Å². The maximum Gasteiger partial charge on any atom is 0.177 e. The minimum atomic E-state index is 0.140. The van der Waals surface area contributed by atoms with Gasteiger partial charge in [-0.3, -0.25) is 0 Å². The van der Waals surface area contributed by atoms with Crippen LogP contribution in [0.5, 0.6) is 0 Å². The van der Waals surface area contributed by atoms with E-state index < -0.39 is 0 Å². The van der Waals surface area contributed by atoms with Crippen LogP contribution in [0.25, 0.3) is 11.2 Å². The van der Waals surface area contributed by atoms with Gasteiger partial charge in [-0.25, -0.2) is 9.97 Å². The number of pyridine rings is 1. The number of nitrogens with one attached hydrogen (secondary N) is 1. The normalized spacial score (nSPS) is 13.6. The van der Waals surface area contributed by atoms with E-state index in [1.54, 1.807) is 0 Å². The molecule has 0 aliphatic carbocycles. The van der Waals surface area contributed by atoms with Gasteiger partial charge < -0.3 is 10.7 Å². The molecule has 2 aromatic rings. The molecule has 0 aliphatic heterocycles. The number of hydrogen-bond acceptors (Lipinski definition) is 3. The molecule has 2 aromatic heterocycles. The number of imidazole rings is 1. The monoisotopic (exact) mass is 218 g/mol. The number of nitrogens with zero attached hydrogens (tertiary/aromatic N) is 2. The summed E-state index contributed by atoms with van der Waals surface area (Å²) in [6.45, 7) is 6.26. The molecule has 2 heterocycles. The van der Waals surface area contributed by atoms with Crippen molar-refractivity contribution in [3.05, 3.63) is 23.7 Å². The molecule has 86 valence electrons. The number of rotatable bonds is 3. The van der Waals surface area contributed by atoms with Gasteiger partial charge in [0.1, 0.15) is 5.82 Å². The number of aryl methyl sites for hydroxylation is 1. The van der Waals surface area contributed by atoms with E-state index in [9.17, 15) is 0 Å². The Balaban J connectivity index is 2.26. The fourth-order valence-electron chi connectivity index (χ4n) is 1.61. The molecule has 0 fully saturated rings. The zero-order valence-corrected chi connectivity index (χ0v) is 9.99. The van der Waals surface area contributed by atoms with Crippen molar-refractivity contribution in [3.8, 4) is 0 Å². The van der Waals surface area contributed by atoms with Gasteiger partial charge in [0.25, 0.3) is 0 Å². The number of aromatic nitrogens is 3. The molecule has 4 heteroatoms. The largest absolute Gasteiger partial charge is 0.341 e. The molecular formula is C12H18N4. The Bertz CT molecular complexity index is 487. The lowest BCUT2D eigenvalue weighted by atomic mass is 10.0. The maximum absolute atomic E-state index is 6.02. The summed E-state index contributed by atoms with van der Waals surface area (Å²) < 4.78 is 0. The Kier molecular flexibility index (Phi) is 2.92. The highest BCUT2D eigenvalue weighted by molar-refractivity contribution is 5.70. The topological polar surface area (TPSA) is 67.6 Å². The second-order valence-electron chi connectivity index (χ2n) is 4.68. The Morgan fingerprint density at radius 2 is 2.19 bits per heavy atom. The van der Waals surface area contributed by atoms with Crippen molar-refractivity contribution in [2.24, 2.45) is 11.7 Å². The molecule has 1 atom stereocenters. The molecule has 0 spiro atoms. The van der Waals surface area contributed by atoms with E-state index in [1.165, 1.54) is 0 Å². The number of aromatic amines is 1. The van der Waals surface area contributed by atoms with Gasteiger partial charge >= 0.3 is 0 Å². The third-order valence-corrected chi connectivity index (χ3v) is 2.81. The molecule has 3 N–H and O–H groups in total.